The quantitative estimate of drug-likeness (QED) is 0.642. The summed E-state index contributed by atoms with van der Waals surface area (Å²) in [4.78, 5) is 28.5. The summed E-state index contributed by atoms with van der Waals surface area (Å²) >= 11 is 5.97. The van der Waals surface area contributed by atoms with Crippen LogP contribution in [0.4, 0.5) is 11.4 Å². The number of para-hydroxylation sites is 1. The second kappa shape index (κ2) is 8.28. The topological polar surface area (TPSA) is 53.3 Å². The number of aryl methyl sites for hydroxylation is 2. The van der Waals surface area contributed by atoms with Crippen LogP contribution in [-0.2, 0) is 22.6 Å². The summed E-state index contributed by atoms with van der Waals surface area (Å²) in [5.41, 5.74) is 4.23. The predicted molar refractivity (Wildman–Crippen MR) is 118 cm³/mol. The highest BCUT2D eigenvalue weighted by Crippen LogP contribution is 2.35. The molecular formula is C24H23ClN3O2+. The fourth-order valence-electron chi connectivity index (χ4n) is 3.98. The van der Waals surface area contributed by atoms with Gasteiger partial charge in [0.15, 0.2) is 6.20 Å². The Kier molecular flexibility index (Phi) is 5.55. The maximum atomic E-state index is 13.5. The van der Waals surface area contributed by atoms with E-state index in [0.717, 1.165) is 28.9 Å². The van der Waals surface area contributed by atoms with Gasteiger partial charge in [0, 0.05) is 22.8 Å². The summed E-state index contributed by atoms with van der Waals surface area (Å²) in [6.45, 7) is 4.22. The summed E-state index contributed by atoms with van der Waals surface area (Å²) in [6, 6.07) is 17.8. The molecular weight excluding hydrogens is 398 g/mol. The summed E-state index contributed by atoms with van der Waals surface area (Å²) in [7, 11) is 0. The molecule has 0 saturated heterocycles. The van der Waals surface area contributed by atoms with Crippen molar-refractivity contribution in [2.24, 2.45) is 0 Å². The molecule has 2 aromatic carbocycles. The first-order valence-electron chi connectivity index (χ1n) is 9.95. The Hall–Kier alpha value is -3.18. The third kappa shape index (κ3) is 3.68. The van der Waals surface area contributed by atoms with Crippen LogP contribution in [0.2, 0.25) is 5.02 Å². The van der Waals surface area contributed by atoms with E-state index in [-0.39, 0.29) is 18.4 Å². The van der Waals surface area contributed by atoms with Gasteiger partial charge in [0.05, 0.1) is 5.69 Å². The molecule has 152 valence electrons. The zero-order chi connectivity index (χ0) is 21.3. The minimum atomic E-state index is -0.783. The third-order valence-corrected chi connectivity index (χ3v) is 5.64. The van der Waals surface area contributed by atoms with Crippen molar-refractivity contribution in [1.82, 2.24) is 0 Å². The summed E-state index contributed by atoms with van der Waals surface area (Å²) in [5.74, 6) is -0.380. The second-order valence-corrected chi connectivity index (χ2v) is 7.79. The highest BCUT2D eigenvalue weighted by molar-refractivity contribution is 6.30. The third-order valence-electron chi connectivity index (χ3n) is 5.39. The lowest BCUT2D eigenvalue weighted by molar-refractivity contribution is -0.695. The lowest BCUT2D eigenvalue weighted by Crippen LogP contribution is -2.58. The van der Waals surface area contributed by atoms with E-state index in [9.17, 15) is 9.59 Å². The maximum absolute atomic E-state index is 13.5. The lowest BCUT2D eigenvalue weighted by Gasteiger charge is -2.34. The molecule has 3 aromatic rings. The molecule has 0 fully saturated rings. The minimum Gasteiger partial charge on any atom is -0.324 e. The van der Waals surface area contributed by atoms with Crippen LogP contribution in [0.3, 0.4) is 0 Å². The smallest absolute Gasteiger partial charge is 0.294 e. The molecule has 30 heavy (non-hydrogen) atoms. The molecule has 1 atom stereocenters. The van der Waals surface area contributed by atoms with Crippen LogP contribution < -0.4 is 14.8 Å². The number of carbonyl (C=O) groups is 2. The molecule has 0 spiro atoms. The van der Waals surface area contributed by atoms with E-state index in [4.69, 9.17) is 11.6 Å². The Bertz CT molecular complexity index is 1110. The fraction of sp³-hybridized carbons (Fsp3) is 0.208. The van der Waals surface area contributed by atoms with E-state index in [2.05, 4.69) is 12.2 Å². The number of nitrogens with zero attached hydrogens (tertiary/aromatic N) is 2. The van der Waals surface area contributed by atoms with E-state index < -0.39 is 6.04 Å². The van der Waals surface area contributed by atoms with Crippen molar-refractivity contribution in [3.8, 4) is 0 Å². The number of benzene rings is 2. The average molecular weight is 421 g/mol. The Labute approximate surface area is 180 Å². The number of anilines is 2. The molecule has 0 radical (unpaired) electrons. The number of pyridine rings is 1. The largest absolute Gasteiger partial charge is 0.324 e. The van der Waals surface area contributed by atoms with Crippen molar-refractivity contribution >= 4 is 34.8 Å². The van der Waals surface area contributed by atoms with Crippen molar-refractivity contribution in [3.05, 3.63) is 88.7 Å². The Balaban J connectivity index is 1.83. The van der Waals surface area contributed by atoms with Crippen molar-refractivity contribution in [2.45, 2.75) is 32.9 Å². The number of rotatable bonds is 4. The molecule has 0 bridgehead atoms. The van der Waals surface area contributed by atoms with Crippen LogP contribution in [0.1, 0.15) is 29.8 Å². The van der Waals surface area contributed by atoms with Gasteiger partial charge < -0.3 is 5.32 Å². The molecule has 5 nitrogen and oxygen atoms in total. The molecule has 2 heterocycles. The van der Waals surface area contributed by atoms with E-state index in [0.29, 0.717) is 10.7 Å². The summed E-state index contributed by atoms with van der Waals surface area (Å²) in [5, 5.41) is 3.55. The SMILES string of the molecule is CCc1cccc(C)c1N1C(=O)C[n+]2ccccc2C1C(=O)Nc1ccc(Cl)cc1. The molecule has 1 aromatic heterocycles. The van der Waals surface area contributed by atoms with Gasteiger partial charge in [0.1, 0.15) is 0 Å². The van der Waals surface area contributed by atoms with E-state index in [1.54, 1.807) is 29.2 Å². The first-order valence-corrected chi connectivity index (χ1v) is 10.3. The van der Waals surface area contributed by atoms with Gasteiger partial charge in [-0.3, -0.25) is 14.5 Å². The van der Waals surface area contributed by atoms with Gasteiger partial charge in [-0.25, -0.2) is 0 Å². The molecule has 2 amide bonds. The van der Waals surface area contributed by atoms with E-state index >= 15 is 0 Å². The van der Waals surface area contributed by atoms with Gasteiger partial charge in [-0.05, 0) is 48.7 Å². The van der Waals surface area contributed by atoms with Crippen molar-refractivity contribution in [3.63, 3.8) is 0 Å². The van der Waals surface area contributed by atoms with Crippen LogP contribution in [0.15, 0.2) is 66.9 Å². The Morgan fingerprint density at radius 1 is 1.13 bits per heavy atom. The zero-order valence-electron chi connectivity index (χ0n) is 16.9. The monoisotopic (exact) mass is 420 g/mol. The van der Waals surface area contributed by atoms with Crippen LogP contribution in [-0.4, -0.2) is 11.8 Å². The van der Waals surface area contributed by atoms with Gasteiger partial charge in [-0.1, -0.05) is 42.8 Å². The first kappa shape index (κ1) is 20.1. The Morgan fingerprint density at radius 2 is 1.90 bits per heavy atom. The van der Waals surface area contributed by atoms with Crippen molar-refractivity contribution in [1.29, 1.82) is 0 Å². The van der Waals surface area contributed by atoms with E-state index in [1.807, 2.05) is 54.1 Å². The normalized spacial score (nSPS) is 15.6. The van der Waals surface area contributed by atoms with Crippen LogP contribution in [0.25, 0.3) is 0 Å². The summed E-state index contributed by atoms with van der Waals surface area (Å²) < 4.78 is 1.84. The molecule has 1 aliphatic rings. The van der Waals surface area contributed by atoms with E-state index in [1.165, 1.54) is 0 Å². The number of amides is 2. The van der Waals surface area contributed by atoms with Gasteiger partial charge in [-0.2, -0.15) is 4.57 Å². The van der Waals surface area contributed by atoms with Crippen molar-refractivity contribution in [2.75, 3.05) is 10.2 Å². The lowest BCUT2D eigenvalue weighted by atomic mass is 9.99. The van der Waals surface area contributed by atoms with Crippen LogP contribution in [0.5, 0.6) is 0 Å². The number of nitrogens with one attached hydrogen (secondary N) is 1. The number of carbonyl (C=O) groups excluding carboxylic acids is 2. The van der Waals surface area contributed by atoms with Gasteiger partial charge in [-0.15, -0.1) is 0 Å². The number of hydrogen-bond donors (Lipinski definition) is 1. The highest BCUT2D eigenvalue weighted by Gasteiger charge is 2.44. The van der Waals surface area contributed by atoms with Gasteiger partial charge >= 0.3 is 0 Å². The standard InChI is InChI=1S/C24H22ClN3O2/c1-3-17-8-6-7-16(2)22(17)28-21(29)15-27-14-5-4-9-20(27)23(28)24(30)26-19-12-10-18(25)11-13-19/h4-14,23H,3,15H2,1-2H3/p+1. The summed E-state index contributed by atoms with van der Waals surface area (Å²) in [6.07, 6.45) is 2.60. The fourth-order valence-corrected chi connectivity index (χ4v) is 4.10. The predicted octanol–water partition coefficient (Wildman–Crippen LogP) is 4.22. The molecule has 0 aliphatic carbocycles. The van der Waals surface area contributed by atoms with Crippen LogP contribution >= 0.6 is 11.6 Å². The molecule has 0 saturated carbocycles. The molecule has 1 unspecified atom stereocenters. The molecule has 1 N–H and O–H groups in total. The highest BCUT2D eigenvalue weighted by atomic mass is 35.5. The zero-order valence-corrected chi connectivity index (χ0v) is 17.7. The Morgan fingerprint density at radius 3 is 2.63 bits per heavy atom. The molecule has 6 heteroatoms. The second-order valence-electron chi connectivity index (χ2n) is 7.35. The van der Waals surface area contributed by atoms with Gasteiger partial charge in [0.2, 0.25) is 18.3 Å². The maximum Gasteiger partial charge on any atom is 0.294 e. The number of hydrogen-bond acceptors (Lipinski definition) is 2. The average Bonchev–Trinajstić information content (AvgIpc) is 2.74. The molecule has 4 rings (SSSR count). The number of aromatic nitrogens is 1. The molecule has 1 aliphatic heterocycles. The number of fused-ring (bicyclic) bond motifs is 1. The van der Waals surface area contributed by atoms with Crippen LogP contribution in [0, 0.1) is 6.92 Å². The first-order chi connectivity index (χ1) is 14.5. The number of halogens is 1. The minimum absolute atomic E-state index is 0.112. The van der Waals surface area contributed by atoms with Gasteiger partial charge in [0.25, 0.3) is 11.8 Å². The van der Waals surface area contributed by atoms with Crippen molar-refractivity contribution < 1.29 is 14.2 Å².